The van der Waals surface area contributed by atoms with E-state index in [2.05, 4.69) is 27.7 Å². The van der Waals surface area contributed by atoms with Gasteiger partial charge in [0, 0.05) is 0 Å². The van der Waals surface area contributed by atoms with Gasteiger partial charge in [0.1, 0.15) is 0 Å². The lowest BCUT2D eigenvalue weighted by Gasteiger charge is -2.27. The van der Waals surface area contributed by atoms with Crippen LogP contribution < -0.4 is 0 Å². The zero-order chi connectivity index (χ0) is 18.9. The minimum absolute atomic E-state index is 0.260. The van der Waals surface area contributed by atoms with Crippen molar-refractivity contribution in [1.29, 1.82) is 0 Å². The summed E-state index contributed by atoms with van der Waals surface area (Å²) in [6.07, 6.45) is 1.29. The van der Waals surface area contributed by atoms with E-state index < -0.39 is 11.8 Å². The summed E-state index contributed by atoms with van der Waals surface area (Å²) in [6, 6.07) is 0. The normalized spacial score (nSPS) is 14.3. The average molecular weight is 343 g/mol. The monoisotopic (exact) mass is 342 g/mol. The molecule has 0 aliphatic carbocycles. The summed E-state index contributed by atoms with van der Waals surface area (Å²) >= 11 is 0. The maximum atomic E-state index is 12.6. The van der Waals surface area contributed by atoms with Gasteiger partial charge in [0.05, 0.1) is 25.0 Å². The lowest BCUT2D eigenvalue weighted by molar-refractivity contribution is -0.163. The Morgan fingerprint density at radius 1 is 0.583 bits per heavy atom. The van der Waals surface area contributed by atoms with Crippen molar-refractivity contribution in [3.63, 3.8) is 0 Å². The molecule has 0 fully saturated rings. The Balaban J connectivity index is 5.23. The van der Waals surface area contributed by atoms with Crippen molar-refractivity contribution in [3.05, 3.63) is 0 Å². The van der Waals surface area contributed by atoms with Gasteiger partial charge < -0.3 is 9.47 Å². The van der Waals surface area contributed by atoms with Gasteiger partial charge in [-0.2, -0.15) is 0 Å². The van der Waals surface area contributed by atoms with Crippen molar-refractivity contribution >= 4 is 11.9 Å². The zero-order valence-electron chi connectivity index (χ0n) is 16.9. The van der Waals surface area contributed by atoms with Crippen LogP contribution in [-0.2, 0) is 19.1 Å². The quantitative estimate of drug-likeness (QED) is 0.510. The van der Waals surface area contributed by atoms with Crippen molar-refractivity contribution in [1.82, 2.24) is 0 Å². The molecule has 0 spiro atoms. The molecule has 0 rings (SSSR count). The van der Waals surface area contributed by atoms with Gasteiger partial charge >= 0.3 is 11.9 Å². The predicted octanol–water partition coefficient (Wildman–Crippen LogP) is 4.71. The summed E-state index contributed by atoms with van der Waals surface area (Å²) < 4.78 is 10.9. The molecule has 4 heteroatoms. The molecule has 0 aliphatic heterocycles. The third-order valence-corrected chi connectivity index (χ3v) is 3.66. The van der Waals surface area contributed by atoms with Gasteiger partial charge in [0.15, 0.2) is 0 Å². The summed E-state index contributed by atoms with van der Waals surface area (Å²) in [7, 11) is 0. The van der Waals surface area contributed by atoms with E-state index in [1.165, 1.54) is 0 Å². The van der Waals surface area contributed by atoms with Gasteiger partial charge in [-0.3, -0.25) is 9.59 Å². The second-order valence-electron chi connectivity index (χ2n) is 8.52. The van der Waals surface area contributed by atoms with Crippen LogP contribution in [0.25, 0.3) is 0 Å². The van der Waals surface area contributed by atoms with Crippen molar-refractivity contribution in [2.24, 2.45) is 35.5 Å². The molecule has 0 aromatic heterocycles. The second kappa shape index (κ2) is 11.5. The van der Waals surface area contributed by atoms with E-state index in [0.29, 0.717) is 37.9 Å². The zero-order valence-corrected chi connectivity index (χ0v) is 16.9. The fourth-order valence-electron chi connectivity index (χ4n) is 2.58. The first-order valence-corrected chi connectivity index (χ1v) is 9.37. The van der Waals surface area contributed by atoms with E-state index in [4.69, 9.17) is 9.47 Å². The number of rotatable bonds is 11. The molecule has 2 atom stereocenters. The SMILES string of the molecule is CC(C)COC(=O)C(CC(C)C)C(CC(C)C)C(=O)OCC(C)C. The molecule has 0 aromatic carbocycles. The van der Waals surface area contributed by atoms with Gasteiger partial charge in [-0.15, -0.1) is 0 Å². The second-order valence-corrected chi connectivity index (χ2v) is 8.52. The summed E-state index contributed by atoms with van der Waals surface area (Å²) in [4.78, 5) is 25.2. The van der Waals surface area contributed by atoms with E-state index in [1.54, 1.807) is 0 Å². The molecule has 0 saturated heterocycles. The molecule has 24 heavy (non-hydrogen) atoms. The molecule has 0 bridgehead atoms. The molecule has 2 unspecified atom stereocenters. The molecule has 0 N–H and O–H groups in total. The molecular weight excluding hydrogens is 304 g/mol. The van der Waals surface area contributed by atoms with Crippen molar-refractivity contribution < 1.29 is 19.1 Å². The highest BCUT2D eigenvalue weighted by molar-refractivity contribution is 5.82. The topological polar surface area (TPSA) is 52.6 Å². The van der Waals surface area contributed by atoms with Gasteiger partial charge in [-0.05, 0) is 36.5 Å². The third-order valence-electron chi connectivity index (χ3n) is 3.66. The molecule has 0 radical (unpaired) electrons. The lowest BCUT2D eigenvalue weighted by atomic mass is 9.80. The summed E-state index contributed by atoms with van der Waals surface area (Å²) in [6.45, 7) is 17.1. The first kappa shape index (κ1) is 22.9. The van der Waals surface area contributed by atoms with Gasteiger partial charge in [-0.1, -0.05) is 55.4 Å². The lowest BCUT2D eigenvalue weighted by Crippen LogP contribution is -2.35. The molecule has 142 valence electrons. The Hall–Kier alpha value is -1.06. The highest BCUT2D eigenvalue weighted by Crippen LogP contribution is 2.29. The minimum atomic E-state index is -0.425. The Kier molecular flexibility index (Phi) is 11.0. The first-order chi connectivity index (χ1) is 11.0. The van der Waals surface area contributed by atoms with Crippen LogP contribution >= 0.6 is 0 Å². The third kappa shape index (κ3) is 9.94. The van der Waals surface area contributed by atoms with Crippen molar-refractivity contribution in [2.45, 2.75) is 68.2 Å². The van der Waals surface area contributed by atoms with E-state index in [9.17, 15) is 9.59 Å². The first-order valence-electron chi connectivity index (χ1n) is 9.37. The summed E-state index contributed by atoms with van der Waals surface area (Å²) in [5.74, 6) is -0.177. The van der Waals surface area contributed by atoms with E-state index in [1.807, 2.05) is 27.7 Å². The van der Waals surface area contributed by atoms with Gasteiger partial charge in [0.25, 0.3) is 0 Å². The standard InChI is InChI=1S/C20H38O4/c1-13(2)9-17(19(21)23-11-15(5)6)18(10-14(3)4)20(22)24-12-16(7)8/h13-18H,9-12H2,1-8H3. The maximum Gasteiger partial charge on any atom is 0.309 e. The van der Waals surface area contributed by atoms with E-state index >= 15 is 0 Å². The summed E-state index contributed by atoms with van der Waals surface area (Å²) in [5.41, 5.74) is 0. The van der Waals surface area contributed by atoms with Crippen LogP contribution in [0.3, 0.4) is 0 Å². The molecule has 0 aliphatic rings. The largest absolute Gasteiger partial charge is 0.465 e. The van der Waals surface area contributed by atoms with Crippen LogP contribution in [-0.4, -0.2) is 25.2 Å². The van der Waals surface area contributed by atoms with Gasteiger partial charge in [-0.25, -0.2) is 0 Å². The number of esters is 2. The van der Waals surface area contributed by atoms with Crippen LogP contribution in [0.2, 0.25) is 0 Å². The predicted molar refractivity (Wildman–Crippen MR) is 97.5 cm³/mol. The number of hydrogen-bond donors (Lipinski definition) is 0. The van der Waals surface area contributed by atoms with Crippen molar-refractivity contribution in [3.8, 4) is 0 Å². The molecule has 4 nitrogen and oxygen atoms in total. The Labute approximate surface area is 148 Å². The summed E-state index contributed by atoms with van der Waals surface area (Å²) in [5, 5.41) is 0. The fraction of sp³-hybridized carbons (Fsp3) is 0.900. The van der Waals surface area contributed by atoms with Crippen LogP contribution in [0, 0.1) is 35.5 Å². The van der Waals surface area contributed by atoms with Crippen LogP contribution in [0.5, 0.6) is 0 Å². The van der Waals surface area contributed by atoms with E-state index in [0.717, 1.165) is 0 Å². The molecule has 0 amide bonds. The fourth-order valence-corrected chi connectivity index (χ4v) is 2.58. The maximum absolute atomic E-state index is 12.6. The average Bonchev–Trinajstić information content (AvgIpc) is 2.45. The minimum Gasteiger partial charge on any atom is -0.465 e. The number of ether oxygens (including phenoxy) is 2. The highest BCUT2D eigenvalue weighted by atomic mass is 16.5. The molecule has 0 aromatic rings. The number of hydrogen-bond acceptors (Lipinski definition) is 4. The number of carbonyl (C=O) groups excluding carboxylic acids is 2. The van der Waals surface area contributed by atoms with E-state index in [-0.39, 0.29) is 23.8 Å². The van der Waals surface area contributed by atoms with Crippen LogP contribution in [0.4, 0.5) is 0 Å². The number of carbonyl (C=O) groups is 2. The Morgan fingerprint density at radius 3 is 1.08 bits per heavy atom. The highest BCUT2D eigenvalue weighted by Gasteiger charge is 2.37. The Bertz CT molecular complexity index is 336. The molecular formula is C20H38O4. The van der Waals surface area contributed by atoms with Crippen molar-refractivity contribution in [2.75, 3.05) is 13.2 Å². The smallest absolute Gasteiger partial charge is 0.309 e. The van der Waals surface area contributed by atoms with Crippen LogP contribution in [0.15, 0.2) is 0 Å². The van der Waals surface area contributed by atoms with Gasteiger partial charge in [0.2, 0.25) is 0 Å². The Morgan fingerprint density at radius 2 is 0.875 bits per heavy atom. The van der Waals surface area contributed by atoms with Crippen LogP contribution in [0.1, 0.15) is 68.2 Å². The molecule has 0 heterocycles. The molecule has 0 saturated carbocycles.